The van der Waals surface area contributed by atoms with E-state index in [-0.39, 0.29) is 11.9 Å². The summed E-state index contributed by atoms with van der Waals surface area (Å²) in [6, 6.07) is 6.13. The molecule has 0 aromatic heterocycles. The normalized spacial score (nSPS) is 20.5. The second-order valence-electron chi connectivity index (χ2n) is 5.29. The number of hydrogen-bond acceptors (Lipinski definition) is 3. The molecule has 1 aromatic rings. The highest BCUT2D eigenvalue weighted by molar-refractivity contribution is 7.99. The standard InChI is InChI=1S/C15H23FN2S/c1-3-12(17)8-11-4-5-15(14(16)9-11)18(2)13-6-7-19-10-13/h4-5,9,12-13H,3,6-8,10,17H2,1-2H3. The lowest BCUT2D eigenvalue weighted by atomic mass is 10.0. The van der Waals surface area contributed by atoms with Crippen LogP contribution in [0.4, 0.5) is 10.1 Å². The van der Waals surface area contributed by atoms with E-state index in [9.17, 15) is 4.39 Å². The Morgan fingerprint density at radius 3 is 2.89 bits per heavy atom. The van der Waals surface area contributed by atoms with Crippen LogP contribution in [0.5, 0.6) is 0 Å². The molecule has 0 spiro atoms. The average molecular weight is 282 g/mol. The monoisotopic (exact) mass is 282 g/mol. The Balaban J connectivity index is 2.09. The van der Waals surface area contributed by atoms with Gasteiger partial charge < -0.3 is 10.6 Å². The van der Waals surface area contributed by atoms with Gasteiger partial charge in [-0.2, -0.15) is 11.8 Å². The molecular weight excluding hydrogens is 259 g/mol. The minimum Gasteiger partial charge on any atom is -0.368 e. The van der Waals surface area contributed by atoms with Crippen LogP contribution >= 0.6 is 11.8 Å². The molecule has 2 N–H and O–H groups in total. The smallest absolute Gasteiger partial charge is 0.146 e. The Bertz CT molecular complexity index is 419. The molecule has 2 unspecified atom stereocenters. The third-order valence-corrected chi connectivity index (χ3v) is 5.01. The number of nitrogens with two attached hydrogens (primary N) is 1. The maximum absolute atomic E-state index is 14.2. The van der Waals surface area contributed by atoms with Crippen molar-refractivity contribution in [3.8, 4) is 0 Å². The van der Waals surface area contributed by atoms with Crippen LogP contribution in [0.25, 0.3) is 0 Å². The van der Waals surface area contributed by atoms with E-state index in [2.05, 4.69) is 11.8 Å². The molecule has 19 heavy (non-hydrogen) atoms. The van der Waals surface area contributed by atoms with E-state index >= 15 is 0 Å². The van der Waals surface area contributed by atoms with Crippen LogP contribution < -0.4 is 10.6 Å². The van der Waals surface area contributed by atoms with Crippen molar-refractivity contribution in [3.63, 3.8) is 0 Å². The summed E-state index contributed by atoms with van der Waals surface area (Å²) in [6.07, 6.45) is 2.81. The fraction of sp³-hybridized carbons (Fsp3) is 0.600. The van der Waals surface area contributed by atoms with Crippen molar-refractivity contribution in [2.75, 3.05) is 23.5 Å². The van der Waals surface area contributed by atoms with Gasteiger partial charge in [-0.3, -0.25) is 0 Å². The maximum atomic E-state index is 14.2. The number of hydrogen-bond donors (Lipinski definition) is 1. The summed E-state index contributed by atoms with van der Waals surface area (Å²) in [5, 5.41) is 0. The van der Waals surface area contributed by atoms with Crippen molar-refractivity contribution in [2.45, 2.75) is 38.3 Å². The zero-order valence-electron chi connectivity index (χ0n) is 11.7. The third-order valence-electron chi connectivity index (χ3n) is 3.87. The molecule has 2 atom stereocenters. The van der Waals surface area contributed by atoms with Gasteiger partial charge in [0.2, 0.25) is 0 Å². The molecule has 0 saturated carbocycles. The zero-order chi connectivity index (χ0) is 13.8. The molecule has 1 aromatic carbocycles. The van der Waals surface area contributed by atoms with Crippen LogP contribution in [-0.2, 0) is 6.42 Å². The van der Waals surface area contributed by atoms with Gasteiger partial charge in [0.1, 0.15) is 5.82 Å². The summed E-state index contributed by atoms with van der Waals surface area (Å²) in [6.45, 7) is 2.06. The van der Waals surface area contributed by atoms with E-state index in [1.54, 1.807) is 6.07 Å². The van der Waals surface area contributed by atoms with Crippen LogP contribution in [0.15, 0.2) is 18.2 Å². The molecule has 2 nitrogen and oxygen atoms in total. The summed E-state index contributed by atoms with van der Waals surface area (Å²) in [5.74, 6) is 2.15. The molecule has 106 valence electrons. The lowest BCUT2D eigenvalue weighted by Gasteiger charge is -2.26. The molecule has 0 amide bonds. The van der Waals surface area contributed by atoms with Crippen LogP contribution in [-0.4, -0.2) is 30.6 Å². The van der Waals surface area contributed by atoms with Crippen LogP contribution in [0.2, 0.25) is 0 Å². The molecule has 1 saturated heterocycles. The first-order valence-electron chi connectivity index (χ1n) is 6.96. The summed E-state index contributed by atoms with van der Waals surface area (Å²) in [4.78, 5) is 2.08. The summed E-state index contributed by atoms with van der Waals surface area (Å²) in [7, 11) is 1.99. The molecule has 1 aliphatic heterocycles. The highest BCUT2D eigenvalue weighted by atomic mass is 32.2. The molecular formula is C15H23FN2S. The van der Waals surface area contributed by atoms with Crippen molar-refractivity contribution in [2.24, 2.45) is 5.73 Å². The quantitative estimate of drug-likeness (QED) is 0.900. The molecule has 0 bridgehead atoms. The maximum Gasteiger partial charge on any atom is 0.146 e. The van der Waals surface area contributed by atoms with Gasteiger partial charge in [0, 0.05) is 24.9 Å². The number of rotatable bonds is 5. The Morgan fingerprint density at radius 2 is 2.32 bits per heavy atom. The van der Waals surface area contributed by atoms with Gasteiger partial charge in [0.15, 0.2) is 0 Å². The molecule has 1 aliphatic rings. The van der Waals surface area contributed by atoms with E-state index in [0.29, 0.717) is 11.7 Å². The minimum absolute atomic E-state index is 0.120. The molecule has 4 heteroatoms. The molecule has 1 fully saturated rings. The van der Waals surface area contributed by atoms with Gasteiger partial charge in [-0.05, 0) is 42.7 Å². The van der Waals surface area contributed by atoms with E-state index in [1.807, 2.05) is 30.9 Å². The van der Waals surface area contributed by atoms with Crippen molar-refractivity contribution in [1.82, 2.24) is 0 Å². The summed E-state index contributed by atoms with van der Waals surface area (Å²) < 4.78 is 14.2. The van der Waals surface area contributed by atoms with Crippen molar-refractivity contribution < 1.29 is 4.39 Å². The molecule has 2 rings (SSSR count). The van der Waals surface area contributed by atoms with Gasteiger partial charge in [-0.1, -0.05) is 13.0 Å². The van der Waals surface area contributed by atoms with E-state index in [4.69, 9.17) is 5.73 Å². The topological polar surface area (TPSA) is 29.3 Å². The predicted molar refractivity (Wildman–Crippen MR) is 82.5 cm³/mol. The number of nitrogens with zero attached hydrogens (tertiary/aromatic N) is 1. The van der Waals surface area contributed by atoms with E-state index in [0.717, 1.165) is 30.6 Å². The van der Waals surface area contributed by atoms with Crippen molar-refractivity contribution >= 4 is 17.4 Å². The van der Waals surface area contributed by atoms with Crippen LogP contribution in [0.3, 0.4) is 0 Å². The Kier molecular flexibility index (Phi) is 5.11. The van der Waals surface area contributed by atoms with E-state index in [1.165, 1.54) is 5.75 Å². The Hall–Kier alpha value is -0.740. The van der Waals surface area contributed by atoms with Crippen molar-refractivity contribution in [3.05, 3.63) is 29.6 Å². The van der Waals surface area contributed by atoms with Crippen molar-refractivity contribution in [1.29, 1.82) is 0 Å². The van der Waals surface area contributed by atoms with Gasteiger partial charge in [0.05, 0.1) is 5.69 Å². The van der Waals surface area contributed by atoms with Gasteiger partial charge >= 0.3 is 0 Å². The molecule has 0 radical (unpaired) electrons. The SMILES string of the molecule is CCC(N)Cc1ccc(N(C)C2CCSC2)c(F)c1. The average Bonchev–Trinajstić information content (AvgIpc) is 2.92. The molecule has 0 aliphatic carbocycles. The fourth-order valence-electron chi connectivity index (χ4n) is 2.43. The number of anilines is 1. The highest BCUT2D eigenvalue weighted by Gasteiger charge is 2.22. The third kappa shape index (κ3) is 3.63. The number of benzene rings is 1. The lowest BCUT2D eigenvalue weighted by molar-refractivity contribution is 0.599. The van der Waals surface area contributed by atoms with Gasteiger partial charge in [-0.15, -0.1) is 0 Å². The zero-order valence-corrected chi connectivity index (χ0v) is 12.5. The fourth-order valence-corrected chi connectivity index (χ4v) is 3.70. The molecule has 1 heterocycles. The largest absolute Gasteiger partial charge is 0.368 e. The number of halogens is 1. The Labute approximate surface area is 119 Å². The first kappa shape index (κ1) is 14.7. The first-order chi connectivity index (χ1) is 9.11. The van der Waals surface area contributed by atoms with Crippen LogP contribution in [0, 0.1) is 5.82 Å². The van der Waals surface area contributed by atoms with E-state index < -0.39 is 0 Å². The number of thioether (sulfide) groups is 1. The second-order valence-corrected chi connectivity index (χ2v) is 6.44. The summed E-state index contributed by atoms with van der Waals surface area (Å²) >= 11 is 1.94. The van der Waals surface area contributed by atoms with Crippen LogP contribution in [0.1, 0.15) is 25.3 Å². The predicted octanol–water partition coefficient (Wildman–Crippen LogP) is 3.05. The Morgan fingerprint density at radius 1 is 1.53 bits per heavy atom. The highest BCUT2D eigenvalue weighted by Crippen LogP contribution is 2.28. The second kappa shape index (κ2) is 6.62. The summed E-state index contributed by atoms with van der Waals surface area (Å²) in [5.41, 5.74) is 7.62. The van der Waals surface area contributed by atoms with Gasteiger partial charge in [-0.25, -0.2) is 4.39 Å². The minimum atomic E-state index is -0.125. The first-order valence-corrected chi connectivity index (χ1v) is 8.12. The lowest BCUT2D eigenvalue weighted by Crippen LogP contribution is -2.32. The van der Waals surface area contributed by atoms with Gasteiger partial charge in [0.25, 0.3) is 0 Å².